The van der Waals surface area contributed by atoms with E-state index >= 15 is 0 Å². The van der Waals surface area contributed by atoms with Crippen LogP contribution in [0.25, 0.3) is 0 Å². The van der Waals surface area contributed by atoms with Crippen molar-refractivity contribution in [3.8, 4) is 0 Å². The zero-order chi connectivity index (χ0) is 19.2. The highest BCUT2D eigenvalue weighted by Gasteiger charge is 2.34. The number of aliphatic hydroxyl groups is 1. The van der Waals surface area contributed by atoms with Gasteiger partial charge in [-0.3, -0.25) is 9.59 Å². The van der Waals surface area contributed by atoms with Crippen molar-refractivity contribution in [1.82, 2.24) is 9.80 Å². The molecule has 0 aromatic heterocycles. The Balaban J connectivity index is 1.47. The Morgan fingerprint density at radius 3 is 2.52 bits per heavy atom. The number of nitrogens with zero attached hydrogens (tertiary/aromatic N) is 2. The molecule has 1 aliphatic heterocycles. The van der Waals surface area contributed by atoms with Crippen LogP contribution in [0, 0.1) is 5.82 Å². The monoisotopic (exact) mass is 396 g/mol. The summed E-state index contributed by atoms with van der Waals surface area (Å²) in [5.41, 5.74) is 0.588. The van der Waals surface area contributed by atoms with E-state index in [4.69, 9.17) is 4.74 Å². The molecule has 27 heavy (non-hydrogen) atoms. The summed E-state index contributed by atoms with van der Waals surface area (Å²) in [7, 11) is 0. The fourth-order valence-corrected chi connectivity index (χ4v) is 3.83. The number of thioether (sulfide) groups is 1. The van der Waals surface area contributed by atoms with E-state index < -0.39 is 6.10 Å². The molecular formula is C19H25FN2O4S. The van der Waals surface area contributed by atoms with Crippen molar-refractivity contribution in [2.24, 2.45) is 0 Å². The molecule has 3 rings (SSSR count). The van der Waals surface area contributed by atoms with Gasteiger partial charge in [0.1, 0.15) is 5.82 Å². The number of aliphatic hydroxyl groups excluding tert-OH is 1. The van der Waals surface area contributed by atoms with Gasteiger partial charge in [0.2, 0.25) is 11.8 Å². The summed E-state index contributed by atoms with van der Waals surface area (Å²) in [6, 6.07) is 5.82. The molecule has 1 heterocycles. The van der Waals surface area contributed by atoms with Gasteiger partial charge in [0.25, 0.3) is 0 Å². The normalized spacial score (nSPS) is 18.2. The second-order valence-electron chi connectivity index (χ2n) is 6.83. The standard InChI is InChI=1S/C19H25FN2O4S/c20-15-3-1-14(2-4-15)17(23)11-22(16-5-6-16)19(25)13-27-12-18(24)21-7-9-26-10-8-21/h1-4,16-17,23H,5-13H2. The molecule has 1 unspecified atom stereocenters. The highest BCUT2D eigenvalue weighted by molar-refractivity contribution is 8.00. The van der Waals surface area contributed by atoms with Crippen molar-refractivity contribution < 1.29 is 23.8 Å². The number of carbonyl (C=O) groups excluding carboxylic acids is 2. The van der Waals surface area contributed by atoms with E-state index in [9.17, 15) is 19.1 Å². The number of amides is 2. The maximum Gasteiger partial charge on any atom is 0.232 e. The van der Waals surface area contributed by atoms with Gasteiger partial charge in [-0.2, -0.15) is 0 Å². The average Bonchev–Trinajstić information content (AvgIpc) is 3.52. The van der Waals surface area contributed by atoms with E-state index in [1.54, 1.807) is 9.80 Å². The number of benzene rings is 1. The highest BCUT2D eigenvalue weighted by Crippen LogP contribution is 2.29. The van der Waals surface area contributed by atoms with E-state index in [0.29, 0.717) is 31.9 Å². The molecule has 148 valence electrons. The summed E-state index contributed by atoms with van der Waals surface area (Å²) in [5, 5.41) is 10.4. The van der Waals surface area contributed by atoms with Crippen LogP contribution in [0.2, 0.25) is 0 Å². The minimum Gasteiger partial charge on any atom is -0.387 e. The van der Waals surface area contributed by atoms with Crippen molar-refractivity contribution >= 4 is 23.6 Å². The van der Waals surface area contributed by atoms with Gasteiger partial charge in [0, 0.05) is 19.1 Å². The van der Waals surface area contributed by atoms with Gasteiger partial charge in [0.15, 0.2) is 0 Å². The van der Waals surface area contributed by atoms with Gasteiger partial charge in [-0.1, -0.05) is 12.1 Å². The molecule has 0 bridgehead atoms. The molecule has 1 aromatic carbocycles. The topological polar surface area (TPSA) is 70.1 Å². The molecule has 0 spiro atoms. The number of hydrogen-bond acceptors (Lipinski definition) is 5. The van der Waals surface area contributed by atoms with E-state index in [1.807, 2.05) is 0 Å². The lowest BCUT2D eigenvalue weighted by Crippen LogP contribution is -2.42. The Labute approximate surface area is 162 Å². The van der Waals surface area contributed by atoms with Gasteiger partial charge < -0.3 is 19.6 Å². The minimum absolute atomic E-state index is 0.0282. The second kappa shape index (κ2) is 9.52. The Hall–Kier alpha value is -1.64. The minimum atomic E-state index is -0.852. The Morgan fingerprint density at radius 2 is 1.89 bits per heavy atom. The zero-order valence-corrected chi connectivity index (χ0v) is 16.0. The van der Waals surface area contributed by atoms with Gasteiger partial charge >= 0.3 is 0 Å². The SMILES string of the molecule is O=C(CSCC(=O)N(CC(O)c1ccc(F)cc1)C1CC1)N1CCOCC1. The van der Waals surface area contributed by atoms with Crippen LogP contribution in [0.15, 0.2) is 24.3 Å². The molecule has 2 amide bonds. The third-order valence-corrected chi connectivity index (χ3v) is 5.65. The number of hydrogen-bond donors (Lipinski definition) is 1. The third-order valence-electron chi connectivity index (χ3n) is 4.75. The predicted molar refractivity (Wildman–Crippen MR) is 101 cm³/mol. The van der Waals surface area contributed by atoms with Crippen molar-refractivity contribution in [2.45, 2.75) is 25.0 Å². The van der Waals surface area contributed by atoms with Crippen molar-refractivity contribution in [1.29, 1.82) is 0 Å². The van der Waals surface area contributed by atoms with Crippen LogP contribution >= 0.6 is 11.8 Å². The van der Waals surface area contributed by atoms with Gasteiger partial charge in [-0.05, 0) is 30.5 Å². The van der Waals surface area contributed by atoms with Crippen molar-refractivity contribution in [3.63, 3.8) is 0 Å². The van der Waals surface area contributed by atoms with Crippen molar-refractivity contribution in [3.05, 3.63) is 35.6 Å². The zero-order valence-electron chi connectivity index (χ0n) is 15.2. The fraction of sp³-hybridized carbons (Fsp3) is 0.579. The van der Waals surface area contributed by atoms with Crippen LogP contribution < -0.4 is 0 Å². The second-order valence-corrected chi connectivity index (χ2v) is 7.82. The number of rotatable bonds is 8. The maximum atomic E-state index is 13.0. The number of halogens is 1. The van der Waals surface area contributed by atoms with Crippen LogP contribution in [0.3, 0.4) is 0 Å². The molecule has 1 saturated carbocycles. The van der Waals surface area contributed by atoms with E-state index in [-0.39, 0.29) is 41.7 Å². The quantitative estimate of drug-likeness (QED) is 0.720. The first-order valence-corrected chi connectivity index (χ1v) is 10.4. The summed E-state index contributed by atoms with van der Waals surface area (Å²) in [4.78, 5) is 28.2. The first kappa shape index (κ1) is 20.1. The van der Waals surface area contributed by atoms with Crippen LogP contribution in [0.5, 0.6) is 0 Å². The number of carbonyl (C=O) groups is 2. The van der Waals surface area contributed by atoms with E-state index in [2.05, 4.69) is 0 Å². The van der Waals surface area contributed by atoms with Crippen LogP contribution in [-0.4, -0.2) is 77.1 Å². The van der Waals surface area contributed by atoms with Crippen LogP contribution in [0.4, 0.5) is 4.39 Å². The molecule has 1 aliphatic carbocycles. The summed E-state index contributed by atoms with van der Waals surface area (Å²) < 4.78 is 18.3. The predicted octanol–water partition coefficient (Wildman–Crippen LogP) is 1.44. The Kier molecular flexibility index (Phi) is 7.09. The molecule has 0 radical (unpaired) electrons. The smallest absolute Gasteiger partial charge is 0.232 e. The molecule has 8 heteroatoms. The summed E-state index contributed by atoms with van der Waals surface area (Å²) in [5.74, 6) is 0.0780. The molecule has 1 atom stereocenters. The van der Waals surface area contributed by atoms with Gasteiger partial charge in [0.05, 0.1) is 37.4 Å². The third kappa shape index (κ3) is 5.92. The number of ether oxygens (including phenoxy) is 1. The summed E-state index contributed by atoms with van der Waals surface area (Å²) in [6.07, 6.45) is 1.01. The summed E-state index contributed by atoms with van der Waals surface area (Å²) >= 11 is 1.31. The first-order valence-electron chi connectivity index (χ1n) is 9.21. The number of morpholine rings is 1. The lowest BCUT2D eigenvalue weighted by atomic mass is 10.1. The molecule has 1 aromatic rings. The Morgan fingerprint density at radius 1 is 1.22 bits per heavy atom. The molecule has 2 fully saturated rings. The Bertz CT molecular complexity index is 648. The van der Waals surface area contributed by atoms with E-state index in [1.165, 1.54) is 36.0 Å². The largest absolute Gasteiger partial charge is 0.387 e. The molecular weight excluding hydrogens is 371 g/mol. The molecule has 6 nitrogen and oxygen atoms in total. The lowest BCUT2D eigenvalue weighted by molar-refractivity contribution is -0.132. The fourth-order valence-electron chi connectivity index (χ4n) is 3.03. The molecule has 2 aliphatic rings. The van der Waals surface area contributed by atoms with Crippen LogP contribution in [-0.2, 0) is 14.3 Å². The highest BCUT2D eigenvalue weighted by atomic mass is 32.2. The summed E-state index contributed by atoms with van der Waals surface area (Å²) in [6.45, 7) is 2.52. The van der Waals surface area contributed by atoms with Crippen molar-refractivity contribution in [2.75, 3.05) is 44.4 Å². The molecule has 1 saturated heterocycles. The maximum absolute atomic E-state index is 13.0. The first-order chi connectivity index (χ1) is 13.0. The van der Waals surface area contributed by atoms with E-state index in [0.717, 1.165) is 12.8 Å². The van der Waals surface area contributed by atoms with Gasteiger partial charge in [-0.25, -0.2) is 4.39 Å². The molecule has 1 N–H and O–H groups in total. The average molecular weight is 396 g/mol. The lowest BCUT2D eigenvalue weighted by Gasteiger charge is -2.27. The van der Waals surface area contributed by atoms with Gasteiger partial charge in [-0.15, -0.1) is 11.8 Å². The van der Waals surface area contributed by atoms with Crippen LogP contribution in [0.1, 0.15) is 24.5 Å².